The SMILES string of the molecule is COc1cc(C)c(Br)cc1C(Cl)CC1CCCCCC1. The van der Waals surface area contributed by atoms with E-state index in [2.05, 4.69) is 35.0 Å². The van der Waals surface area contributed by atoms with E-state index < -0.39 is 0 Å². The van der Waals surface area contributed by atoms with E-state index in [9.17, 15) is 0 Å². The van der Waals surface area contributed by atoms with E-state index in [0.717, 1.165) is 28.1 Å². The molecule has 0 heterocycles. The Morgan fingerprint density at radius 3 is 2.50 bits per heavy atom. The molecule has 1 aromatic rings. The van der Waals surface area contributed by atoms with Crippen LogP contribution in [0.5, 0.6) is 5.75 Å². The maximum absolute atomic E-state index is 6.70. The highest BCUT2D eigenvalue weighted by molar-refractivity contribution is 9.10. The molecule has 0 radical (unpaired) electrons. The molecule has 0 aliphatic heterocycles. The number of halogens is 2. The third-order valence-corrected chi connectivity index (χ3v) is 5.63. The maximum Gasteiger partial charge on any atom is 0.123 e. The van der Waals surface area contributed by atoms with Crippen LogP contribution in [0.2, 0.25) is 0 Å². The molecule has 0 N–H and O–H groups in total. The highest BCUT2D eigenvalue weighted by Gasteiger charge is 2.21. The van der Waals surface area contributed by atoms with Gasteiger partial charge in [-0.3, -0.25) is 0 Å². The molecule has 1 atom stereocenters. The highest BCUT2D eigenvalue weighted by atomic mass is 79.9. The van der Waals surface area contributed by atoms with E-state index in [1.807, 2.05) is 0 Å². The van der Waals surface area contributed by atoms with Crippen molar-refractivity contribution in [1.29, 1.82) is 0 Å². The van der Waals surface area contributed by atoms with Crippen molar-refractivity contribution >= 4 is 27.5 Å². The number of alkyl halides is 1. The van der Waals surface area contributed by atoms with Crippen LogP contribution < -0.4 is 4.74 Å². The zero-order valence-corrected chi connectivity index (χ0v) is 14.8. The summed E-state index contributed by atoms with van der Waals surface area (Å²) in [5, 5.41) is 0.0462. The van der Waals surface area contributed by atoms with Crippen LogP contribution >= 0.6 is 27.5 Å². The van der Waals surface area contributed by atoms with Gasteiger partial charge in [0.2, 0.25) is 0 Å². The van der Waals surface area contributed by atoms with Crippen molar-refractivity contribution in [3.8, 4) is 5.75 Å². The largest absolute Gasteiger partial charge is 0.496 e. The predicted molar refractivity (Wildman–Crippen MR) is 89.8 cm³/mol. The molecule has 112 valence electrons. The average Bonchev–Trinajstić information content (AvgIpc) is 2.69. The summed E-state index contributed by atoms with van der Waals surface area (Å²) >= 11 is 10.3. The van der Waals surface area contributed by atoms with Gasteiger partial charge in [-0.2, -0.15) is 0 Å². The zero-order chi connectivity index (χ0) is 14.5. The molecule has 20 heavy (non-hydrogen) atoms. The van der Waals surface area contributed by atoms with Crippen molar-refractivity contribution in [2.45, 2.75) is 57.2 Å². The minimum Gasteiger partial charge on any atom is -0.496 e. The minimum absolute atomic E-state index is 0.0462. The molecular weight excluding hydrogens is 336 g/mol. The van der Waals surface area contributed by atoms with Gasteiger partial charge < -0.3 is 4.74 Å². The van der Waals surface area contributed by atoms with Crippen molar-refractivity contribution in [2.24, 2.45) is 5.92 Å². The van der Waals surface area contributed by atoms with E-state index in [1.54, 1.807) is 7.11 Å². The first-order chi connectivity index (χ1) is 9.61. The topological polar surface area (TPSA) is 9.23 Å². The maximum atomic E-state index is 6.70. The summed E-state index contributed by atoms with van der Waals surface area (Å²) in [7, 11) is 1.72. The Labute approximate surface area is 136 Å². The van der Waals surface area contributed by atoms with Crippen LogP contribution in [0.4, 0.5) is 0 Å². The lowest BCUT2D eigenvalue weighted by atomic mass is 9.92. The lowest BCUT2D eigenvalue weighted by Gasteiger charge is -2.20. The van der Waals surface area contributed by atoms with E-state index in [-0.39, 0.29) is 5.38 Å². The summed E-state index contributed by atoms with van der Waals surface area (Å²) in [5.41, 5.74) is 2.31. The second-order valence-corrected chi connectivity index (χ2v) is 7.29. The number of hydrogen-bond acceptors (Lipinski definition) is 1. The molecule has 1 aliphatic carbocycles. The zero-order valence-electron chi connectivity index (χ0n) is 12.4. The van der Waals surface area contributed by atoms with Gasteiger partial charge in [-0.15, -0.1) is 11.6 Å². The summed E-state index contributed by atoms with van der Waals surface area (Å²) in [5.74, 6) is 1.68. The van der Waals surface area contributed by atoms with Crippen LogP contribution in [0.15, 0.2) is 16.6 Å². The highest BCUT2D eigenvalue weighted by Crippen LogP contribution is 2.40. The second-order valence-electron chi connectivity index (χ2n) is 5.90. The molecule has 3 heteroatoms. The summed E-state index contributed by atoms with van der Waals surface area (Å²) in [6.45, 7) is 2.07. The Kier molecular flexibility index (Phi) is 6.22. The van der Waals surface area contributed by atoms with Crippen LogP contribution in [-0.4, -0.2) is 7.11 Å². The van der Waals surface area contributed by atoms with Gasteiger partial charge in [0, 0.05) is 10.0 Å². The summed E-state index contributed by atoms with van der Waals surface area (Å²) < 4.78 is 6.62. The van der Waals surface area contributed by atoms with Crippen molar-refractivity contribution < 1.29 is 4.74 Å². The summed E-state index contributed by atoms with van der Waals surface area (Å²) in [4.78, 5) is 0. The molecule has 0 aromatic heterocycles. The van der Waals surface area contributed by atoms with Gasteiger partial charge in [0.05, 0.1) is 12.5 Å². The summed E-state index contributed by atoms with van der Waals surface area (Å²) in [6.07, 6.45) is 9.24. The van der Waals surface area contributed by atoms with E-state index in [4.69, 9.17) is 16.3 Å². The van der Waals surface area contributed by atoms with Crippen molar-refractivity contribution in [3.63, 3.8) is 0 Å². The van der Waals surface area contributed by atoms with Crippen LogP contribution in [0.3, 0.4) is 0 Å². The Bertz CT molecular complexity index is 439. The molecule has 0 saturated heterocycles. The lowest BCUT2D eigenvalue weighted by molar-refractivity contribution is 0.395. The number of hydrogen-bond donors (Lipinski definition) is 0. The smallest absolute Gasteiger partial charge is 0.123 e. The van der Waals surface area contributed by atoms with Gasteiger partial charge in [-0.25, -0.2) is 0 Å². The van der Waals surface area contributed by atoms with E-state index in [1.165, 1.54) is 44.1 Å². The number of methoxy groups -OCH3 is 1. The normalized spacial score (nSPS) is 18.6. The molecule has 1 unspecified atom stereocenters. The first-order valence-corrected chi connectivity index (χ1v) is 8.83. The molecule has 1 aliphatic rings. The van der Waals surface area contributed by atoms with Crippen LogP contribution in [0, 0.1) is 12.8 Å². The molecule has 1 aromatic carbocycles. The molecular formula is C17H24BrClO. The molecule has 0 amide bonds. The Morgan fingerprint density at radius 1 is 1.25 bits per heavy atom. The molecule has 0 bridgehead atoms. The number of benzene rings is 1. The standard InChI is InChI=1S/C17H24BrClO/c1-12-9-17(20-2)14(11-15(12)18)16(19)10-13-7-5-3-4-6-8-13/h9,11,13,16H,3-8,10H2,1-2H3. The Balaban J connectivity index is 2.11. The van der Waals surface area contributed by atoms with E-state index >= 15 is 0 Å². The van der Waals surface area contributed by atoms with Crippen molar-refractivity contribution in [3.05, 3.63) is 27.7 Å². The predicted octanol–water partition coefficient (Wildman–Crippen LogP) is 6.41. The average molecular weight is 360 g/mol. The number of ether oxygens (including phenoxy) is 1. The monoisotopic (exact) mass is 358 g/mol. The fraction of sp³-hybridized carbons (Fsp3) is 0.647. The first-order valence-electron chi connectivity index (χ1n) is 7.60. The van der Waals surface area contributed by atoms with Crippen molar-refractivity contribution in [1.82, 2.24) is 0 Å². The fourth-order valence-corrected chi connectivity index (χ4v) is 3.89. The van der Waals surface area contributed by atoms with Crippen LogP contribution in [-0.2, 0) is 0 Å². The van der Waals surface area contributed by atoms with E-state index in [0.29, 0.717) is 0 Å². The van der Waals surface area contributed by atoms with Gasteiger partial charge in [0.15, 0.2) is 0 Å². The Hall–Kier alpha value is -0.210. The van der Waals surface area contributed by atoms with Crippen LogP contribution in [0.1, 0.15) is 61.4 Å². The molecule has 2 rings (SSSR count). The fourth-order valence-electron chi connectivity index (χ4n) is 3.11. The minimum atomic E-state index is 0.0462. The third kappa shape index (κ3) is 4.14. The van der Waals surface area contributed by atoms with Gasteiger partial charge in [0.1, 0.15) is 5.75 Å². The van der Waals surface area contributed by atoms with Gasteiger partial charge >= 0.3 is 0 Å². The lowest BCUT2D eigenvalue weighted by Crippen LogP contribution is -2.05. The van der Waals surface area contributed by atoms with Gasteiger partial charge in [-0.1, -0.05) is 54.5 Å². The molecule has 1 fully saturated rings. The number of rotatable bonds is 4. The molecule has 1 nitrogen and oxygen atoms in total. The van der Waals surface area contributed by atoms with Gasteiger partial charge in [-0.05, 0) is 37.0 Å². The van der Waals surface area contributed by atoms with Gasteiger partial charge in [0.25, 0.3) is 0 Å². The third-order valence-electron chi connectivity index (χ3n) is 4.36. The Morgan fingerprint density at radius 2 is 1.90 bits per heavy atom. The molecule has 1 saturated carbocycles. The first kappa shape index (κ1) is 16.2. The quantitative estimate of drug-likeness (QED) is 0.446. The molecule has 0 spiro atoms. The number of aryl methyl sites for hydroxylation is 1. The van der Waals surface area contributed by atoms with Crippen molar-refractivity contribution in [2.75, 3.05) is 7.11 Å². The summed E-state index contributed by atoms with van der Waals surface area (Å²) in [6, 6.07) is 4.20. The second kappa shape index (κ2) is 7.70. The van der Waals surface area contributed by atoms with Crippen LogP contribution in [0.25, 0.3) is 0 Å².